The van der Waals surface area contributed by atoms with E-state index < -0.39 is 0 Å². The Labute approximate surface area is 91.9 Å². The third-order valence-electron chi connectivity index (χ3n) is 2.75. The third-order valence-corrected chi connectivity index (χ3v) is 2.75. The molecule has 0 unspecified atom stereocenters. The van der Waals surface area contributed by atoms with Gasteiger partial charge in [0.1, 0.15) is 0 Å². The Bertz CT molecular complexity index is 308. The molecule has 0 N–H and O–H groups in total. The van der Waals surface area contributed by atoms with Gasteiger partial charge in [-0.15, -0.1) is 0 Å². The molecular formula is C13H19NO. The molecule has 0 aliphatic heterocycles. The molecule has 0 aromatic heterocycles. The van der Waals surface area contributed by atoms with Gasteiger partial charge in [0.05, 0.1) is 6.54 Å². The molecule has 0 saturated heterocycles. The predicted octanol–water partition coefficient (Wildman–Crippen LogP) is 2.74. The fourth-order valence-corrected chi connectivity index (χ4v) is 1.39. The lowest BCUT2D eigenvalue weighted by Crippen LogP contribution is -2.28. The van der Waals surface area contributed by atoms with E-state index in [2.05, 4.69) is 0 Å². The van der Waals surface area contributed by atoms with Crippen LogP contribution in [-0.4, -0.2) is 19.4 Å². The molecule has 1 aromatic rings. The van der Waals surface area contributed by atoms with Crippen molar-refractivity contribution in [3.8, 4) is 0 Å². The zero-order valence-corrected chi connectivity index (χ0v) is 9.73. The van der Waals surface area contributed by atoms with Gasteiger partial charge in [0.25, 0.3) is 0 Å². The zero-order chi connectivity index (χ0) is 11.3. The molecule has 0 fully saturated rings. The minimum Gasteiger partial charge on any atom is -0.367 e. The van der Waals surface area contributed by atoms with Gasteiger partial charge in [-0.25, -0.2) is 0 Å². The summed E-state index contributed by atoms with van der Waals surface area (Å²) in [5.74, 6) is 0.472. The van der Waals surface area contributed by atoms with Gasteiger partial charge in [0.2, 0.25) is 0 Å². The highest BCUT2D eigenvalue weighted by Crippen LogP contribution is 2.12. The van der Waals surface area contributed by atoms with Crippen LogP contribution in [0.2, 0.25) is 0 Å². The van der Waals surface area contributed by atoms with E-state index in [9.17, 15) is 4.79 Å². The van der Waals surface area contributed by atoms with Crippen LogP contribution in [0.15, 0.2) is 30.3 Å². The van der Waals surface area contributed by atoms with E-state index in [1.54, 1.807) is 0 Å². The van der Waals surface area contributed by atoms with Crippen molar-refractivity contribution in [2.75, 3.05) is 18.5 Å². The topological polar surface area (TPSA) is 20.3 Å². The lowest BCUT2D eigenvalue weighted by atomic mass is 10.0. The van der Waals surface area contributed by atoms with Crippen molar-refractivity contribution in [2.45, 2.75) is 20.3 Å². The monoisotopic (exact) mass is 205 g/mol. The van der Waals surface area contributed by atoms with Crippen molar-refractivity contribution in [3.63, 3.8) is 0 Å². The van der Waals surface area contributed by atoms with Crippen LogP contribution in [0, 0.1) is 5.92 Å². The van der Waals surface area contributed by atoms with Crippen LogP contribution >= 0.6 is 0 Å². The van der Waals surface area contributed by atoms with Crippen LogP contribution in [0.5, 0.6) is 0 Å². The maximum absolute atomic E-state index is 11.7. The Hall–Kier alpha value is -1.31. The highest BCUT2D eigenvalue weighted by molar-refractivity contribution is 5.85. The summed E-state index contributed by atoms with van der Waals surface area (Å²) in [6.07, 6.45) is 0.918. The standard InChI is InChI=1S/C13H19NO/c1-4-11(2)13(15)10-14(3)12-8-6-5-7-9-12/h5-9,11H,4,10H2,1-3H3/t11-/m1/s1. The second-order valence-corrected chi connectivity index (χ2v) is 3.97. The maximum atomic E-state index is 11.7. The van der Waals surface area contributed by atoms with Crippen LogP contribution < -0.4 is 4.90 Å². The minimum atomic E-state index is 0.163. The summed E-state index contributed by atoms with van der Waals surface area (Å²) < 4.78 is 0. The molecule has 0 spiro atoms. The average molecular weight is 205 g/mol. The van der Waals surface area contributed by atoms with Gasteiger partial charge in [-0.3, -0.25) is 4.79 Å². The minimum absolute atomic E-state index is 0.163. The number of para-hydroxylation sites is 1. The van der Waals surface area contributed by atoms with Crippen LogP contribution in [0.4, 0.5) is 5.69 Å². The van der Waals surface area contributed by atoms with Crippen molar-refractivity contribution in [3.05, 3.63) is 30.3 Å². The Morgan fingerprint density at radius 1 is 1.33 bits per heavy atom. The summed E-state index contributed by atoms with van der Waals surface area (Å²) in [4.78, 5) is 13.7. The van der Waals surface area contributed by atoms with Gasteiger partial charge in [-0.2, -0.15) is 0 Å². The summed E-state index contributed by atoms with van der Waals surface area (Å²) in [5, 5.41) is 0. The lowest BCUT2D eigenvalue weighted by Gasteiger charge is -2.20. The summed E-state index contributed by atoms with van der Waals surface area (Å²) in [6.45, 7) is 4.53. The number of rotatable bonds is 5. The van der Waals surface area contributed by atoms with Gasteiger partial charge in [-0.05, 0) is 18.6 Å². The number of anilines is 1. The number of hydrogen-bond donors (Lipinski definition) is 0. The molecule has 0 radical (unpaired) electrons. The number of Topliss-reactive ketones (excluding diaryl/α,β-unsaturated/α-hetero) is 1. The fourth-order valence-electron chi connectivity index (χ4n) is 1.39. The Kier molecular flexibility index (Phi) is 4.35. The molecule has 2 heteroatoms. The lowest BCUT2D eigenvalue weighted by molar-refractivity contribution is -0.121. The van der Waals surface area contributed by atoms with E-state index in [1.807, 2.05) is 56.1 Å². The number of hydrogen-bond acceptors (Lipinski definition) is 2. The van der Waals surface area contributed by atoms with E-state index in [4.69, 9.17) is 0 Å². The first-order valence-corrected chi connectivity index (χ1v) is 5.44. The number of nitrogens with zero attached hydrogens (tertiary/aromatic N) is 1. The van der Waals surface area contributed by atoms with E-state index in [-0.39, 0.29) is 5.92 Å². The van der Waals surface area contributed by atoms with Gasteiger partial charge in [0.15, 0.2) is 5.78 Å². The van der Waals surface area contributed by atoms with E-state index in [0.29, 0.717) is 12.3 Å². The first-order valence-electron chi connectivity index (χ1n) is 5.44. The van der Waals surface area contributed by atoms with Crippen molar-refractivity contribution in [1.29, 1.82) is 0 Å². The van der Waals surface area contributed by atoms with Crippen molar-refractivity contribution in [2.24, 2.45) is 5.92 Å². The molecule has 1 rings (SSSR count). The number of likely N-dealkylation sites (N-methyl/N-ethyl adjacent to an activating group) is 1. The molecule has 2 nitrogen and oxygen atoms in total. The number of carbonyl (C=O) groups is 1. The van der Waals surface area contributed by atoms with Crippen molar-refractivity contribution in [1.82, 2.24) is 0 Å². The normalized spacial score (nSPS) is 12.2. The number of ketones is 1. The van der Waals surface area contributed by atoms with Crippen LogP contribution in [0.25, 0.3) is 0 Å². The molecule has 0 heterocycles. The zero-order valence-electron chi connectivity index (χ0n) is 9.73. The molecule has 15 heavy (non-hydrogen) atoms. The predicted molar refractivity (Wildman–Crippen MR) is 64.2 cm³/mol. The molecule has 1 atom stereocenters. The molecule has 0 aliphatic carbocycles. The molecule has 0 saturated carbocycles. The third kappa shape index (κ3) is 3.39. The quantitative estimate of drug-likeness (QED) is 0.736. The van der Waals surface area contributed by atoms with E-state index >= 15 is 0 Å². The second-order valence-electron chi connectivity index (χ2n) is 3.97. The average Bonchev–Trinajstić information content (AvgIpc) is 2.29. The fraction of sp³-hybridized carbons (Fsp3) is 0.462. The summed E-state index contributed by atoms with van der Waals surface area (Å²) in [5.41, 5.74) is 1.09. The van der Waals surface area contributed by atoms with Crippen LogP contribution in [0.3, 0.4) is 0 Å². The van der Waals surface area contributed by atoms with Gasteiger partial charge in [-0.1, -0.05) is 32.0 Å². The maximum Gasteiger partial charge on any atom is 0.154 e. The van der Waals surface area contributed by atoms with Gasteiger partial charge < -0.3 is 4.90 Å². The van der Waals surface area contributed by atoms with Gasteiger partial charge in [0, 0.05) is 18.7 Å². The summed E-state index contributed by atoms with van der Waals surface area (Å²) in [6, 6.07) is 9.99. The number of benzene rings is 1. The Balaban J connectivity index is 2.56. The Morgan fingerprint density at radius 2 is 1.93 bits per heavy atom. The van der Waals surface area contributed by atoms with Crippen molar-refractivity contribution >= 4 is 11.5 Å². The number of carbonyl (C=O) groups excluding carboxylic acids is 1. The highest BCUT2D eigenvalue weighted by atomic mass is 16.1. The van der Waals surface area contributed by atoms with Crippen LogP contribution in [-0.2, 0) is 4.79 Å². The summed E-state index contributed by atoms with van der Waals surface area (Å²) >= 11 is 0. The van der Waals surface area contributed by atoms with Gasteiger partial charge >= 0.3 is 0 Å². The van der Waals surface area contributed by atoms with Crippen LogP contribution in [0.1, 0.15) is 20.3 Å². The highest BCUT2D eigenvalue weighted by Gasteiger charge is 2.12. The second kappa shape index (κ2) is 5.54. The Morgan fingerprint density at radius 3 is 2.47 bits per heavy atom. The molecular weight excluding hydrogens is 186 g/mol. The van der Waals surface area contributed by atoms with E-state index in [1.165, 1.54) is 0 Å². The SMILES string of the molecule is CC[C@@H](C)C(=O)CN(C)c1ccccc1. The summed E-state index contributed by atoms with van der Waals surface area (Å²) in [7, 11) is 1.95. The molecule has 1 aromatic carbocycles. The first-order chi connectivity index (χ1) is 7.15. The van der Waals surface area contributed by atoms with E-state index in [0.717, 1.165) is 12.1 Å². The smallest absolute Gasteiger partial charge is 0.154 e. The molecule has 0 amide bonds. The van der Waals surface area contributed by atoms with Crippen molar-refractivity contribution < 1.29 is 4.79 Å². The molecule has 0 bridgehead atoms. The first kappa shape index (κ1) is 11.8. The molecule has 0 aliphatic rings. The largest absolute Gasteiger partial charge is 0.367 e. The molecule has 82 valence electrons.